The molecule has 10 heteroatoms. The van der Waals surface area contributed by atoms with Crippen molar-refractivity contribution in [3.8, 4) is 0 Å². The molecule has 0 aliphatic heterocycles. The van der Waals surface area contributed by atoms with E-state index in [2.05, 4.69) is 0 Å². The summed E-state index contributed by atoms with van der Waals surface area (Å²) in [6.45, 7) is 0.266. The number of alkyl halides is 6. The van der Waals surface area contributed by atoms with E-state index in [1.807, 2.05) is 0 Å². The predicted octanol–water partition coefficient (Wildman–Crippen LogP) is 1.41. The summed E-state index contributed by atoms with van der Waals surface area (Å²) in [7, 11) is 0. The minimum Gasteiger partial charge on any atom is -0.334 e. The Balaban J connectivity index is 0. The van der Waals surface area contributed by atoms with Gasteiger partial charge in [0.05, 0.1) is 0 Å². The zero-order valence-corrected chi connectivity index (χ0v) is 8.74. The summed E-state index contributed by atoms with van der Waals surface area (Å²) in [5, 5.41) is 0. The molecule has 0 unspecified atom stereocenters. The first kappa shape index (κ1) is 18.3. The summed E-state index contributed by atoms with van der Waals surface area (Å²) in [4.78, 5) is 31.2. The average molecular weight is 313 g/mol. The van der Waals surface area contributed by atoms with Gasteiger partial charge in [0.25, 0.3) is 0 Å². The molecule has 0 aromatic heterocycles. The Bertz CT molecular complexity index is 305. The fraction of sp³-hybridized carbons (Fsp3) is 0.429. The molecule has 0 fully saturated rings. The molecular formula is C7H3CuF6O3. The Hall–Kier alpha value is -1.02. The zero-order valence-electron chi connectivity index (χ0n) is 7.79. The molecule has 102 valence electrons. The van der Waals surface area contributed by atoms with Gasteiger partial charge in [0, 0.05) is 5.78 Å². The summed E-state index contributed by atoms with van der Waals surface area (Å²) in [5.74, 6) is -10.5. The molecule has 0 atom stereocenters. The smallest absolute Gasteiger partial charge is 0.334 e. The van der Waals surface area contributed by atoms with Crippen molar-refractivity contribution in [2.45, 2.75) is 19.3 Å². The Labute approximate surface area is 101 Å². The maximum Gasteiger partial charge on any atom is 1.00 e. The van der Waals surface area contributed by atoms with Gasteiger partial charge in [0.2, 0.25) is 0 Å². The molecule has 0 rings (SSSR count). The third-order valence-corrected chi connectivity index (χ3v) is 1.32. The Morgan fingerprint density at radius 3 is 1.18 bits per heavy atom. The fourth-order valence-electron chi connectivity index (χ4n) is 0.706. The van der Waals surface area contributed by atoms with Gasteiger partial charge in [-0.15, -0.1) is 0 Å². The molecule has 0 bridgehead atoms. The monoisotopic (exact) mass is 312 g/mol. The minimum absolute atomic E-state index is 0. The topological polar surface area (TPSA) is 51.2 Å². The van der Waals surface area contributed by atoms with Crippen LogP contribution in [-0.2, 0) is 31.5 Å². The van der Waals surface area contributed by atoms with E-state index in [0.717, 1.165) is 0 Å². The first-order chi connectivity index (χ1) is 6.89. The van der Waals surface area contributed by atoms with Gasteiger partial charge in [-0.1, -0.05) is 0 Å². The van der Waals surface area contributed by atoms with Gasteiger partial charge in [-0.25, -0.2) is 0 Å². The van der Waals surface area contributed by atoms with Crippen molar-refractivity contribution in [3.05, 3.63) is 5.92 Å². The van der Waals surface area contributed by atoms with Crippen LogP contribution in [0.2, 0.25) is 0 Å². The standard InChI is InChI=1S/C7H3F6O3.Cu/c1-2(14)3(4(15)6(8,9)10)5(16)7(11,12)13;/h1H3;/q-1;+1. The molecular weight excluding hydrogens is 310 g/mol. The molecule has 0 saturated carbocycles. The van der Waals surface area contributed by atoms with E-state index in [1.54, 1.807) is 0 Å². The quantitative estimate of drug-likeness (QED) is 0.343. The molecule has 0 radical (unpaired) electrons. The number of hydrogen-bond donors (Lipinski definition) is 0. The van der Waals surface area contributed by atoms with Crippen LogP contribution in [-0.4, -0.2) is 29.7 Å². The van der Waals surface area contributed by atoms with Crippen molar-refractivity contribution < 1.29 is 57.8 Å². The molecule has 0 heterocycles. The van der Waals surface area contributed by atoms with Crippen molar-refractivity contribution in [2.75, 3.05) is 0 Å². The van der Waals surface area contributed by atoms with E-state index in [9.17, 15) is 40.7 Å². The van der Waals surface area contributed by atoms with Crippen LogP contribution in [0.25, 0.3) is 0 Å². The maximum atomic E-state index is 11.8. The van der Waals surface area contributed by atoms with Gasteiger partial charge in [0.1, 0.15) is 11.6 Å². The van der Waals surface area contributed by atoms with E-state index in [-0.39, 0.29) is 24.0 Å². The summed E-state index contributed by atoms with van der Waals surface area (Å²) in [5.41, 5.74) is 0. The van der Waals surface area contributed by atoms with Crippen LogP contribution in [0.1, 0.15) is 6.92 Å². The van der Waals surface area contributed by atoms with Gasteiger partial charge in [0.15, 0.2) is 0 Å². The van der Waals surface area contributed by atoms with Gasteiger partial charge >= 0.3 is 29.4 Å². The van der Waals surface area contributed by atoms with E-state index >= 15 is 0 Å². The molecule has 0 aromatic rings. The van der Waals surface area contributed by atoms with Crippen LogP contribution >= 0.6 is 0 Å². The van der Waals surface area contributed by atoms with Crippen molar-refractivity contribution in [3.63, 3.8) is 0 Å². The van der Waals surface area contributed by atoms with Crippen molar-refractivity contribution >= 4 is 17.3 Å². The zero-order chi connectivity index (χ0) is 13.3. The summed E-state index contributed by atoms with van der Waals surface area (Å²) < 4.78 is 70.6. The van der Waals surface area contributed by atoms with Crippen molar-refractivity contribution in [1.29, 1.82) is 0 Å². The second-order valence-electron chi connectivity index (χ2n) is 2.58. The SMILES string of the molecule is CC(=O)[C-](C(=O)C(F)(F)F)C(=O)C(F)(F)F.[Cu+]. The molecule has 0 N–H and O–H groups in total. The summed E-state index contributed by atoms with van der Waals surface area (Å²) in [6.07, 6.45) is -11.4. The molecule has 0 saturated heterocycles. The number of ketones is 3. The molecule has 0 spiro atoms. The van der Waals surface area contributed by atoms with Crippen LogP contribution in [0.5, 0.6) is 0 Å². The number of carbonyl (C=O) groups is 3. The number of Topliss-reactive ketones (excluding diaryl/α,β-unsaturated/α-hetero) is 3. The first-order valence-electron chi connectivity index (χ1n) is 3.50. The van der Waals surface area contributed by atoms with Crippen LogP contribution in [0.15, 0.2) is 0 Å². The van der Waals surface area contributed by atoms with E-state index in [0.29, 0.717) is 0 Å². The third kappa shape index (κ3) is 4.78. The maximum absolute atomic E-state index is 11.8. The fourth-order valence-corrected chi connectivity index (χ4v) is 0.706. The Morgan fingerprint density at radius 2 is 1.06 bits per heavy atom. The molecule has 0 aliphatic rings. The second kappa shape index (κ2) is 5.54. The van der Waals surface area contributed by atoms with Crippen LogP contribution in [0.3, 0.4) is 0 Å². The van der Waals surface area contributed by atoms with E-state index in [4.69, 9.17) is 0 Å². The number of rotatable bonds is 3. The minimum atomic E-state index is -5.71. The summed E-state index contributed by atoms with van der Waals surface area (Å²) >= 11 is 0. The van der Waals surface area contributed by atoms with E-state index < -0.39 is 35.6 Å². The Morgan fingerprint density at radius 1 is 0.824 bits per heavy atom. The van der Waals surface area contributed by atoms with Crippen LogP contribution < -0.4 is 0 Å². The normalized spacial score (nSPS) is 11.5. The molecule has 17 heavy (non-hydrogen) atoms. The molecule has 3 nitrogen and oxygen atoms in total. The molecule has 0 aromatic carbocycles. The molecule has 0 amide bonds. The number of carbonyl (C=O) groups excluding carboxylic acids is 3. The molecule has 0 aliphatic carbocycles. The van der Waals surface area contributed by atoms with Gasteiger partial charge in [-0.2, -0.15) is 32.3 Å². The first-order valence-corrected chi connectivity index (χ1v) is 3.50. The van der Waals surface area contributed by atoms with Crippen molar-refractivity contribution in [1.82, 2.24) is 0 Å². The van der Waals surface area contributed by atoms with E-state index in [1.165, 1.54) is 0 Å². The van der Waals surface area contributed by atoms with Gasteiger partial charge in [-0.05, 0) is 6.92 Å². The van der Waals surface area contributed by atoms with Gasteiger partial charge in [-0.3, -0.25) is 0 Å². The number of halogens is 6. The summed E-state index contributed by atoms with van der Waals surface area (Å²) in [6, 6.07) is 0. The average Bonchev–Trinajstić information content (AvgIpc) is 1.99. The van der Waals surface area contributed by atoms with Crippen LogP contribution in [0.4, 0.5) is 26.3 Å². The second-order valence-corrected chi connectivity index (χ2v) is 2.58. The number of hydrogen-bond acceptors (Lipinski definition) is 3. The Kier molecular flexibility index (Phi) is 5.98. The predicted molar refractivity (Wildman–Crippen MR) is 36.0 cm³/mol. The van der Waals surface area contributed by atoms with Crippen molar-refractivity contribution in [2.24, 2.45) is 0 Å². The van der Waals surface area contributed by atoms with Crippen LogP contribution in [0, 0.1) is 5.92 Å². The largest absolute Gasteiger partial charge is 1.00 e. The third-order valence-electron chi connectivity index (χ3n) is 1.32. The van der Waals surface area contributed by atoms with Gasteiger partial charge < -0.3 is 14.4 Å².